The van der Waals surface area contributed by atoms with Gasteiger partial charge in [0.25, 0.3) is 0 Å². The number of carboxylic acids is 1. The van der Waals surface area contributed by atoms with Crippen LogP contribution in [0.3, 0.4) is 0 Å². The van der Waals surface area contributed by atoms with Crippen LogP contribution in [0, 0.1) is 5.92 Å². The van der Waals surface area contributed by atoms with E-state index >= 15 is 0 Å². The molecule has 1 aliphatic rings. The first-order valence-electron chi connectivity index (χ1n) is 7.72. The molecule has 1 aromatic carbocycles. The summed E-state index contributed by atoms with van der Waals surface area (Å²) in [6.07, 6.45) is 0.860. The van der Waals surface area contributed by atoms with E-state index in [1.54, 1.807) is 36.1 Å². The molecule has 0 aliphatic carbocycles. The van der Waals surface area contributed by atoms with Gasteiger partial charge >= 0.3 is 12.0 Å². The smallest absolute Gasteiger partial charge is 0.319 e. The summed E-state index contributed by atoms with van der Waals surface area (Å²) in [4.78, 5) is 36.8. The van der Waals surface area contributed by atoms with Gasteiger partial charge in [0.15, 0.2) is 0 Å². The molecule has 1 atom stereocenters. The van der Waals surface area contributed by atoms with Crippen molar-refractivity contribution >= 4 is 35.2 Å². The second kappa shape index (κ2) is 8.01. The number of hydrogen-bond donors (Lipinski definition) is 3. The molecule has 1 heterocycles. The van der Waals surface area contributed by atoms with Gasteiger partial charge in [-0.25, -0.2) is 4.79 Å². The van der Waals surface area contributed by atoms with E-state index in [9.17, 15) is 14.4 Å². The highest BCUT2D eigenvalue weighted by Gasteiger charge is 2.29. The molecule has 0 saturated carbocycles. The maximum absolute atomic E-state index is 12.3. The minimum Gasteiger partial charge on any atom is -0.481 e. The fraction of sp³-hybridized carbons (Fsp3) is 0.438. The SMILES string of the molecule is CC(NC(=O)Nc1ccccc1Cl)C(=O)N1CCC(C(=O)O)CC1. The van der Waals surface area contributed by atoms with E-state index in [0.717, 1.165) is 0 Å². The number of nitrogens with one attached hydrogen (secondary N) is 2. The van der Waals surface area contributed by atoms with E-state index in [0.29, 0.717) is 36.6 Å². The Labute approximate surface area is 145 Å². The normalized spacial score (nSPS) is 16.3. The molecule has 1 unspecified atom stereocenters. The van der Waals surface area contributed by atoms with Gasteiger partial charge in [0.2, 0.25) is 5.91 Å². The van der Waals surface area contributed by atoms with Crippen LogP contribution in [0.1, 0.15) is 19.8 Å². The number of nitrogens with zero attached hydrogens (tertiary/aromatic N) is 1. The van der Waals surface area contributed by atoms with Gasteiger partial charge in [-0.05, 0) is 31.9 Å². The molecule has 130 valence electrons. The summed E-state index contributed by atoms with van der Waals surface area (Å²) in [6, 6.07) is 5.56. The molecular weight excluding hydrogens is 334 g/mol. The number of carbonyl (C=O) groups excluding carboxylic acids is 2. The highest BCUT2D eigenvalue weighted by atomic mass is 35.5. The van der Waals surface area contributed by atoms with Crippen LogP contribution in [0.25, 0.3) is 0 Å². The molecule has 1 saturated heterocycles. The number of rotatable bonds is 4. The number of hydrogen-bond acceptors (Lipinski definition) is 3. The van der Waals surface area contributed by atoms with Gasteiger partial charge in [0.1, 0.15) is 6.04 Å². The minimum absolute atomic E-state index is 0.229. The van der Waals surface area contributed by atoms with E-state index in [1.807, 2.05) is 0 Å². The van der Waals surface area contributed by atoms with E-state index in [1.165, 1.54) is 0 Å². The van der Waals surface area contributed by atoms with Gasteiger partial charge in [-0.15, -0.1) is 0 Å². The van der Waals surface area contributed by atoms with Crippen LogP contribution in [0.2, 0.25) is 5.02 Å². The number of carboxylic acid groups (broad SMARTS) is 1. The van der Waals surface area contributed by atoms with Crippen molar-refractivity contribution in [2.24, 2.45) is 5.92 Å². The Morgan fingerprint density at radius 2 is 1.88 bits per heavy atom. The predicted octanol–water partition coefficient (Wildman–Crippen LogP) is 2.17. The largest absolute Gasteiger partial charge is 0.481 e. The summed E-state index contributed by atoms with van der Waals surface area (Å²) in [5.41, 5.74) is 0.457. The summed E-state index contributed by atoms with van der Waals surface area (Å²) >= 11 is 5.96. The monoisotopic (exact) mass is 353 g/mol. The second-order valence-corrected chi connectivity index (χ2v) is 6.14. The molecular formula is C16H20ClN3O4. The summed E-state index contributed by atoms with van der Waals surface area (Å²) in [6.45, 7) is 2.36. The topological polar surface area (TPSA) is 98.7 Å². The van der Waals surface area contributed by atoms with E-state index in [-0.39, 0.29) is 5.91 Å². The summed E-state index contributed by atoms with van der Waals surface area (Å²) in [5, 5.41) is 14.5. The average molecular weight is 354 g/mol. The number of amides is 3. The molecule has 0 aromatic heterocycles. The van der Waals surface area contributed by atoms with Crippen molar-refractivity contribution in [3.63, 3.8) is 0 Å². The number of urea groups is 1. The molecule has 1 aromatic rings. The van der Waals surface area contributed by atoms with Crippen LogP contribution >= 0.6 is 11.6 Å². The van der Waals surface area contributed by atoms with E-state index in [4.69, 9.17) is 16.7 Å². The molecule has 2 rings (SSSR count). The second-order valence-electron chi connectivity index (χ2n) is 5.74. The van der Waals surface area contributed by atoms with Crippen molar-refractivity contribution < 1.29 is 19.5 Å². The Hall–Kier alpha value is -2.28. The highest BCUT2D eigenvalue weighted by molar-refractivity contribution is 6.33. The molecule has 0 bridgehead atoms. The van der Waals surface area contributed by atoms with Crippen molar-refractivity contribution in [1.82, 2.24) is 10.2 Å². The summed E-state index contributed by atoms with van der Waals surface area (Å²) in [5.74, 6) is -1.46. The predicted molar refractivity (Wildman–Crippen MR) is 90.0 cm³/mol. The molecule has 1 aliphatic heterocycles. The Morgan fingerprint density at radius 3 is 2.46 bits per heavy atom. The number of piperidine rings is 1. The molecule has 0 radical (unpaired) electrons. The van der Waals surface area contributed by atoms with Crippen LogP contribution in [0.5, 0.6) is 0 Å². The molecule has 8 heteroatoms. The summed E-state index contributed by atoms with van der Waals surface area (Å²) in [7, 11) is 0. The zero-order valence-corrected chi connectivity index (χ0v) is 14.0. The fourth-order valence-electron chi connectivity index (χ4n) is 2.60. The van der Waals surface area contributed by atoms with Crippen LogP contribution in [0.4, 0.5) is 10.5 Å². The number of carbonyl (C=O) groups is 3. The first-order valence-corrected chi connectivity index (χ1v) is 8.10. The molecule has 24 heavy (non-hydrogen) atoms. The Kier molecular flexibility index (Phi) is 6.03. The first kappa shape index (κ1) is 18.1. The lowest BCUT2D eigenvalue weighted by Crippen LogP contribution is -2.50. The molecule has 0 spiro atoms. The van der Waals surface area contributed by atoms with Gasteiger partial charge < -0.3 is 20.6 Å². The maximum atomic E-state index is 12.3. The van der Waals surface area contributed by atoms with Crippen molar-refractivity contribution in [3.05, 3.63) is 29.3 Å². The minimum atomic E-state index is -0.826. The average Bonchev–Trinajstić information content (AvgIpc) is 2.56. The fourth-order valence-corrected chi connectivity index (χ4v) is 2.78. The van der Waals surface area contributed by atoms with Crippen LogP contribution in [-0.4, -0.2) is 47.0 Å². The molecule has 3 N–H and O–H groups in total. The number of anilines is 1. The van der Waals surface area contributed by atoms with Crippen LogP contribution in [0.15, 0.2) is 24.3 Å². The lowest BCUT2D eigenvalue weighted by molar-refractivity contribution is -0.146. The van der Waals surface area contributed by atoms with Gasteiger partial charge in [-0.1, -0.05) is 23.7 Å². The lowest BCUT2D eigenvalue weighted by atomic mass is 9.97. The number of aliphatic carboxylic acids is 1. The molecule has 3 amide bonds. The molecule has 1 fully saturated rings. The van der Waals surface area contributed by atoms with Crippen molar-refractivity contribution in [3.8, 4) is 0 Å². The van der Waals surface area contributed by atoms with Gasteiger partial charge in [0, 0.05) is 13.1 Å². The number of benzene rings is 1. The maximum Gasteiger partial charge on any atom is 0.319 e. The highest BCUT2D eigenvalue weighted by Crippen LogP contribution is 2.20. The van der Waals surface area contributed by atoms with Gasteiger partial charge in [-0.3, -0.25) is 9.59 Å². The van der Waals surface area contributed by atoms with Crippen molar-refractivity contribution in [1.29, 1.82) is 0 Å². The van der Waals surface area contributed by atoms with E-state index in [2.05, 4.69) is 10.6 Å². The first-order chi connectivity index (χ1) is 11.4. The number of halogens is 1. The third-order valence-electron chi connectivity index (χ3n) is 4.00. The number of likely N-dealkylation sites (tertiary alicyclic amines) is 1. The Bertz CT molecular complexity index is 630. The Balaban J connectivity index is 1.84. The third-order valence-corrected chi connectivity index (χ3v) is 4.33. The zero-order chi connectivity index (χ0) is 17.7. The van der Waals surface area contributed by atoms with Crippen LogP contribution in [-0.2, 0) is 9.59 Å². The third kappa shape index (κ3) is 4.61. The summed E-state index contributed by atoms with van der Waals surface area (Å²) < 4.78 is 0. The van der Waals surface area contributed by atoms with Crippen LogP contribution < -0.4 is 10.6 Å². The standard InChI is InChI=1S/C16H20ClN3O4/c1-10(14(21)20-8-6-11(7-9-20)15(22)23)18-16(24)19-13-5-3-2-4-12(13)17/h2-5,10-11H,6-9H2,1H3,(H,22,23)(H2,18,19,24). The van der Waals surface area contributed by atoms with Crippen molar-refractivity contribution in [2.75, 3.05) is 18.4 Å². The molecule has 7 nitrogen and oxygen atoms in total. The van der Waals surface area contributed by atoms with Crippen molar-refractivity contribution in [2.45, 2.75) is 25.8 Å². The zero-order valence-electron chi connectivity index (χ0n) is 13.3. The van der Waals surface area contributed by atoms with E-state index < -0.39 is 24.0 Å². The lowest BCUT2D eigenvalue weighted by Gasteiger charge is -2.32. The van der Waals surface area contributed by atoms with Gasteiger partial charge in [0.05, 0.1) is 16.6 Å². The Morgan fingerprint density at radius 1 is 1.25 bits per heavy atom. The van der Waals surface area contributed by atoms with Gasteiger partial charge in [-0.2, -0.15) is 0 Å². The quantitative estimate of drug-likeness (QED) is 0.772. The number of para-hydroxylation sites is 1.